The molecule has 0 aliphatic heterocycles. The van der Waals surface area contributed by atoms with Crippen LogP contribution in [-0.2, 0) is 4.74 Å². The van der Waals surface area contributed by atoms with Crippen molar-refractivity contribution in [2.45, 2.75) is 19.9 Å². The molecule has 20 heavy (non-hydrogen) atoms. The number of methoxy groups -OCH3 is 1. The molecule has 0 saturated heterocycles. The molecule has 0 fully saturated rings. The average molecular weight is 282 g/mol. The molecule has 1 atom stereocenters. The van der Waals surface area contributed by atoms with Gasteiger partial charge >= 0.3 is 0 Å². The van der Waals surface area contributed by atoms with Gasteiger partial charge in [0, 0.05) is 43.6 Å². The van der Waals surface area contributed by atoms with Crippen LogP contribution in [0, 0.1) is 0 Å². The summed E-state index contributed by atoms with van der Waals surface area (Å²) in [4.78, 5) is 1.99. The lowest BCUT2D eigenvalue weighted by Crippen LogP contribution is -2.30. The van der Waals surface area contributed by atoms with E-state index in [2.05, 4.69) is 5.32 Å². The van der Waals surface area contributed by atoms with Crippen molar-refractivity contribution in [1.82, 2.24) is 5.32 Å². The molecule has 0 spiro atoms. The van der Waals surface area contributed by atoms with E-state index >= 15 is 0 Å². The van der Waals surface area contributed by atoms with E-state index in [9.17, 15) is 5.11 Å². The van der Waals surface area contributed by atoms with Gasteiger partial charge in [0.1, 0.15) is 5.75 Å². The molecule has 0 radical (unpaired) electrons. The molecule has 1 rings (SSSR count). The van der Waals surface area contributed by atoms with E-state index in [1.807, 2.05) is 30.9 Å². The zero-order valence-electron chi connectivity index (χ0n) is 12.6. The van der Waals surface area contributed by atoms with E-state index in [4.69, 9.17) is 9.84 Å². The molecule has 0 aliphatic carbocycles. The number of aliphatic hydroxyl groups excluding tert-OH is 1. The Balaban J connectivity index is 2.87. The number of nitrogens with zero attached hydrogens (tertiary/aromatic N) is 1. The summed E-state index contributed by atoms with van der Waals surface area (Å²) >= 11 is 0. The maximum atomic E-state index is 10.2. The lowest BCUT2D eigenvalue weighted by atomic mass is 10.1. The molecule has 5 nitrogen and oxygen atoms in total. The fourth-order valence-electron chi connectivity index (χ4n) is 2.20. The van der Waals surface area contributed by atoms with Crippen molar-refractivity contribution in [3.63, 3.8) is 0 Å². The standard InChI is InChI=1S/C15H26N2O3/c1-4-16-12(2)14-6-5-13(11-15(14)19)17(7-9-18)8-10-20-3/h5-6,11-12,16,18-19H,4,7-10H2,1-3H3. The zero-order chi connectivity index (χ0) is 15.0. The Morgan fingerprint density at radius 3 is 2.65 bits per heavy atom. The second-order valence-corrected chi connectivity index (χ2v) is 4.73. The summed E-state index contributed by atoms with van der Waals surface area (Å²) < 4.78 is 5.07. The summed E-state index contributed by atoms with van der Waals surface area (Å²) in [6.45, 7) is 6.76. The zero-order valence-corrected chi connectivity index (χ0v) is 12.6. The van der Waals surface area contributed by atoms with Crippen LogP contribution in [0.4, 0.5) is 5.69 Å². The van der Waals surface area contributed by atoms with E-state index in [-0.39, 0.29) is 18.4 Å². The van der Waals surface area contributed by atoms with Crippen molar-refractivity contribution in [3.05, 3.63) is 23.8 Å². The largest absolute Gasteiger partial charge is 0.508 e. The minimum Gasteiger partial charge on any atom is -0.508 e. The molecular weight excluding hydrogens is 256 g/mol. The van der Waals surface area contributed by atoms with Crippen molar-refractivity contribution in [3.8, 4) is 5.75 Å². The lowest BCUT2D eigenvalue weighted by molar-refractivity contribution is 0.203. The summed E-state index contributed by atoms with van der Waals surface area (Å²) in [6, 6.07) is 5.75. The highest BCUT2D eigenvalue weighted by molar-refractivity contribution is 5.54. The molecule has 1 aromatic carbocycles. The van der Waals surface area contributed by atoms with E-state index in [1.165, 1.54) is 0 Å². The molecule has 1 aromatic rings. The number of phenols is 1. The number of hydrogen-bond donors (Lipinski definition) is 3. The Bertz CT molecular complexity index is 399. The number of anilines is 1. The molecule has 0 aromatic heterocycles. The van der Waals surface area contributed by atoms with Crippen molar-refractivity contribution in [2.75, 3.05) is 44.9 Å². The van der Waals surface area contributed by atoms with Crippen molar-refractivity contribution in [2.24, 2.45) is 0 Å². The number of rotatable bonds is 9. The van der Waals surface area contributed by atoms with E-state index in [0.717, 1.165) is 17.8 Å². The first-order valence-corrected chi connectivity index (χ1v) is 7.05. The molecule has 0 amide bonds. The summed E-state index contributed by atoms with van der Waals surface area (Å²) in [5, 5.41) is 22.6. The van der Waals surface area contributed by atoms with Gasteiger partial charge in [-0.15, -0.1) is 0 Å². The molecule has 5 heteroatoms. The SMILES string of the molecule is CCNC(C)c1ccc(N(CCO)CCOC)cc1O. The first-order valence-electron chi connectivity index (χ1n) is 7.05. The van der Waals surface area contributed by atoms with Crippen LogP contribution >= 0.6 is 0 Å². The van der Waals surface area contributed by atoms with Crippen LogP contribution in [-0.4, -0.2) is 50.2 Å². The summed E-state index contributed by atoms with van der Waals surface area (Å²) in [5.74, 6) is 0.274. The normalized spacial score (nSPS) is 12.4. The van der Waals surface area contributed by atoms with Crippen LogP contribution in [0.2, 0.25) is 0 Å². The van der Waals surface area contributed by atoms with Crippen LogP contribution in [0.3, 0.4) is 0 Å². The number of hydrogen-bond acceptors (Lipinski definition) is 5. The first kappa shape index (κ1) is 16.8. The summed E-state index contributed by atoms with van der Waals surface area (Å²) in [5.41, 5.74) is 1.77. The van der Waals surface area contributed by atoms with Gasteiger partial charge in [0.25, 0.3) is 0 Å². The number of ether oxygens (including phenoxy) is 1. The van der Waals surface area contributed by atoms with Crippen LogP contribution in [0.15, 0.2) is 18.2 Å². The Kier molecular flexibility index (Phi) is 7.36. The highest BCUT2D eigenvalue weighted by Gasteiger charge is 2.12. The van der Waals surface area contributed by atoms with Gasteiger partial charge in [-0.1, -0.05) is 13.0 Å². The highest BCUT2D eigenvalue weighted by atomic mass is 16.5. The fraction of sp³-hybridized carbons (Fsp3) is 0.600. The van der Waals surface area contributed by atoms with Crippen LogP contribution in [0.1, 0.15) is 25.5 Å². The number of aliphatic hydroxyl groups is 1. The van der Waals surface area contributed by atoms with E-state index in [0.29, 0.717) is 19.7 Å². The smallest absolute Gasteiger partial charge is 0.122 e. The monoisotopic (exact) mass is 282 g/mol. The van der Waals surface area contributed by atoms with Gasteiger partial charge in [-0.25, -0.2) is 0 Å². The molecule has 0 aliphatic rings. The van der Waals surface area contributed by atoms with Gasteiger partial charge in [0.2, 0.25) is 0 Å². The number of benzene rings is 1. The number of phenolic OH excluding ortho intramolecular Hbond substituents is 1. The Morgan fingerprint density at radius 2 is 2.10 bits per heavy atom. The Hall–Kier alpha value is -1.30. The van der Waals surface area contributed by atoms with Crippen molar-refractivity contribution in [1.29, 1.82) is 0 Å². The van der Waals surface area contributed by atoms with Gasteiger partial charge in [-0.3, -0.25) is 0 Å². The van der Waals surface area contributed by atoms with Crippen molar-refractivity contribution < 1.29 is 14.9 Å². The quantitative estimate of drug-likeness (QED) is 0.641. The van der Waals surface area contributed by atoms with Crippen molar-refractivity contribution >= 4 is 5.69 Å². The third-order valence-electron chi connectivity index (χ3n) is 3.29. The van der Waals surface area contributed by atoms with E-state index < -0.39 is 0 Å². The van der Waals surface area contributed by atoms with Gasteiger partial charge in [-0.05, 0) is 19.5 Å². The molecule has 3 N–H and O–H groups in total. The maximum Gasteiger partial charge on any atom is 0.122 e. The van der Waals surface area contributed by atoms with Gasteiger partial charge < -0.3 is 25.2 Å². The minimum absolute atomic E-state index is 0.0695. The topological polar surface area (TPSA) is 65.0 Å². The second-order valence-electron chi connectivity index (χ2n) is 4.73. The predicted molar refractivity (Wildman–Crippen MR) is 81.4 cm³/mol. The second kappa shape index (κ2) is 8.79. The minimum atomic E-state index is 0.0695. The lowest BCUT2D eigenvalue weighted by Gasteiger charge is -2.25. The van der Waals surface area contributed by atoms with Crippen LogP contribution < -0.4 is 10.2 Å². The highest BCUT2D eigenvalue weighted by Crippen LogP contribution is 2.29. The third kappa shape index (κ3) is 4.67. The molecular formula is C15H26N2O3. The van der Waals surface area contributed by atoms with Gasteiger partial charge in [0.05, 0.1) is 13.2 Å². The maximum absolute atomic E-state index is 10.2. The van der Waals surface area contributed by atoms with Gasteiger partial charge in [0.15, 0.2) is 0 Å². The van der Waals surface area contributed by atoms with E-state index in [1.54, 1.807) is 13.2 Å². The van der Waals surface area contributed by atoms with Crippen LogP contribution in [0.25, 0.3) is 0 Å². The summed E-state index contributed by atoms with van der Waals surface area (Å²) in [6.07, 6.45) is 0. The summed E-state index contributed by atoms with van der Waals surface area (Å²) in [7, 11) is 1.65. The average Bonchev–Trinajstić information content (AvgIpc) is 2.43. The molecule has 0 saturated carbocycles. The molecule has 1 unspecified atom stereocenters. The van der Waals surface area contributed by atoms with Gasteiger partial charge in [-0.2, -0.15) is 0 Å². The predicted octanol–water partition coefficient (Wildman–Crippen LogP) is 1.51. The fourth-order valence-corrected chi connectivity index (χ4v) is 2.20. The molecule has 0 heterocycles. The first-order chi connectivity index (χ1) is 9.63. The number of nitrogens with one attached hydrogen (secondary N) is 1. The Labute approximate surface area is 121 Å². The molecule has 114 valence electrons. The number of aromatic hydroxyl groups is 1. The molecule has 0 bridgehead atoms. The van der Waals surface area contributed by atoms with Crippen LogP contribution in [0.5, 0.6) is 5.75 Å². The third-order valence-corrected chi connectivity index (χ3v) is 3.29. The Morgan fingerprint density at radius 1 is 1.35 bits per heavy atom.